The van der Waals surface area contributed by atoms with Gasteiger partial charge >= 0.3 is 0 Å². The molecule has 0 aliphatic carbocycles. The van der Waals surface area contributed by atoms with Gasteiger partial charge in [-0.05, 0) is 58.7 Å². The number of anilines is 3. The van der Waals surface area contributed by atoms with Gasteiger partial charge in [-0.3, -0.25) is 0 Å². The fourth-order valence-electron chi connectivity index (χ4n) is 10.8. The number of nitrogens with zero attached hydrogens (tertiary/aromatic N) is 1. The van der Waals surface area contributed by atoms with Crippen LogP contribution >= 0.6 is 0 Å². The Morgan fingerprint density at radius 1 is 0.292 bits per heavy atom. The summed E-state index contributed by atoms with van der Waals surface area (Å²) in [6.45, 7) is 0.00320. The van der Waals surface area contributed by atoms with Gasteiger partial charge in [-0.25, -0.2) is 0 Å². The zero-order valence-electron chi connectivity index (χ0n) is 35.8. The minimum absolute atomic E-state index is 0.00160. The van der Waals surface area contributed by atoms with Crippen molar-refractivity contribution in [3.63, 3.8) is 0 Å². The van der Waals surface area contributed by atoms with Crippen LogP contribution in [0, 0.1) is 0 Å². The smallest absolute Gasteiger partial charge is 0.241 e. The van der Waals surface area contributed by atoms with Gasteiger partial charge < -0.3 is 9.64 Å². The number of hydrogen-bond acceptors (Lipinski definition) is 2. The molecule has 10 aromatic carbocycles. The highest BCUT2D eigenvalue weighted by atomic mass is 16.5. The Morgan fingerprint density at radius 2 is 0.646 bits per heavy atom. The first-order valence-electron chi connectivity index (χ1n) is 22.6. The van der Waals surface area contributed by atoms with E-state index in [1.165, 1.54) is 55.0 Å². The van der Waals surface area contributed by atoms with Crippen molar-refractivity contribution >= 4 is 63.3 Å². The molecule has 2 nitrogen and oxygen atoms in total. The Morgan fingerprint density at radius 3 is 1.06 bits per heavy atom. The quantitative estimate of drug-likeness (QED) is 0.142. The van der Waals surface area contributed by atoms with Crippen molar-refractivity contribution in [2.75, 3.05) is 4.90 Å². The third-order valence-corrected chi connectivity index (χ3v) is 13.6. The average Bonchev–Trinajstić information content (AvgIpc) is 3.38. The molecule has 0 bridgehead atoms. The molecule has 12 rings (SSSR count). The molecule has 0 radical (unpaired) electrons. The maximum atomic E-state index is 7.18. The van der Waals surface area contributed by atoms with E-state index in [-0.39, 0.29) is 13.4 Å². The molecule has 1 spiro atoms. The fraction of sp³-hybridized carbons (Fsp3) is 0.0164. The summed E-state index contributed by atoms with van der Waals surface area (Å²) in [5.74, 6) is 1.73. The third-order valence-electron chi connectivity index (χ3n) is 13.6. The Balaban J connectivity index is 1.14. The van der Waals surface area contributed by atoms with Crippen LogP contribution < -0.4 is 42.4 Å². The van der Waals surface area contributed by atoms with Gasteiger partial charge in [0.05, 0.1) is 16.8 Å². The summed E-state index contributed by atoms with van der Waals surface area (Å²) in [6.07, 6.45) is 0. The van der Waals surface area contributed by atoms with E-state index < -0.39 is 5.41 Å². The molecule has 0 saturated carbocycles. The van der Waals surface area contributed by atoms with Crippen molar-refractivity contribution < 1.29 is 4.74 Å². The maximum absolute atomic E-state index is 7.18. The first kappa shape index (κ1) is 38.6. The Hall–Kier alpha value is -8.07. The second kappa shape index (κ2) is 16.2. The summed E-state index contributed by atoms with van der Waals surface area (Å²) in [6, 6.07) is 95.3. The van der Waals surface area contributed by atoms with Gasteiger partial charge in [0.25, 0.3) is 0 Å². The summed E-state index contributed by atoms with van der Waals surface area (Å²) < 4.78 is 7.18. The molecule has 4 heteroatoms. The van der Waals surface area contributed by atoms with Crippen LogP contribution in [0.5, 0.6) is 11.5 Å². The largest absolute Gasteiger partial charge is 0.457 e. The van der Waals surface area contributed by atoms with Crippen molar-refractivity contribution in [1.29, 1.82) is 0 Å². The van der Waals surface area contributed by atoms with E-state index in [1.807, 2.05) is 0 Å². The number of ether oxygens (including phenoxy) is 1. The van der Waals surface area contributed by atoms with Gasteiger partial charge in [0, 0.05) is 16.8 Å². The van der Waals surface area contributed by atoms with Crippen LogP contribution in [0.2, 0.25) is 0 Å². The monoisotopic (exact) mass is 827 g/mol. The predicted octanol–water partition coefficient (Wildman–Crippen LogP) is 10.7. The van der Waals surface area contributed by atoms with Gasteiger partial charge in [0.1, 0.15) is 11.5 Å². The fourth-order valence-corrected chi connectivity index (χ4v) is 10.8. The van der Waals surface area contributed by atoms with E-state index in [1.54, 1.807) is 0 Å². The van der Waals surface area contributed by atoms with Crippen molar-refractivity contribution in [3.05, 3.63) is 283 Å². The summed E-state index contributed by atoms with van der Waals surface area (Å²) in [4.78, 5) is 2.46. The number of rotatable bonds is 8. The van der Waals surface area contributed by atoms with Crippen molar-refractivity contribution in [1.82, 2.24) is 0 Å². The minimum atomic E-state index is -0.765. The molecule has 0 aromatic heterocycles. The lowest BCUT2D eigenvalue weighted by Gasteiger charge is -2.49. The Labute approximate surface area is 382 Å². The van der Waals surface area contributed by atoms with Crippen molar-refractivity contribution in [2.24, 2.45) is 0 Å². The third kappa shape index (κ3) is 6.52. The maximum Gasteiger partial charge on any atom is 0.241 e. The van der Waals surface area contributed by atoms with E-state index >= 15 is 0 Å². The molecule has 0 unspecified atom stereocenters. The van der Waals surface area contributed by atoms with Crippen LogP contribution in [-0.4, -0.2) is 13.4 Å². The molecular formula is C61H43B2NO. The zero-order valence-corrected chi connectivity index (χ0v) is 35.8. The van der Waals surface area contributed by atoms with E-state index in [4.69, 9.17) is 4.74 Å². The van der Waals surface area contributed by atoms with Gasteiger partial charge in [-0.15, -0.1) is 0 Å². The molecule has 0 saturated heterocycles. The zero-order chi connectivity index (χ0) is 43.2. The molecule has 304 valence electrons. The highest BCUT2D eigenvalue weighted by Crippen LogP contribution is 2.62. The SMILES string of the molecule is c1ccc(B(c2ccccc2)c2ccc3c(c2)C2(c4cc(B(c5ccccc5)c5ccccc5)ccc4O3)c3ccccc3N(c3ccc(-c4ccccc4)cc3)c3ccccc32)cc1. The molecule has 0 N–H and O–H groups in total. The Bertz CT molecular complexity index is 3030. The average molecular weight is 828 g/mol. The van der Waals surface area contributed by atoms with Gasteiger partial charge in [0.15, 0.2) is 0 Å². The summed E-state index contributed by atoms with van der Waals surface area (Å²) in [7, 11) is 0. The van der Waals surface area contributed by atoms with E-state index in [0.717, 1.165) is 39.7 Å². The first-order valence-corrected chi connectivity index (χ1v) is 22.6. The molecule has 2 aliphatic heterocycles. The summed E-state index contributed by atoms with van der Waals surface area (Å²) in [5.41, 5.74) is 17.1. The molecule has 0 amide bonds. The first-order chi connectivity index (χ1) is 32.3. The van der Waals surface area contributed by atoms with Crippen molar-refractivity contribution in [3.8, 4) is 22.6 Å². The molecule has 0 fully saturated rings. The van der Waals surface area contributed by atoms with Gasteiger partial charge in [-0.2, -0.15) is 0 Å². The lowest BCUT2D eigenvalue weighted by Crippen LogP contribution is -2.53. The van der Waals surface area contributed by atoms with Crippen LogP contribution in [0.1, 0.15) is 22.3 Å². The minimum Gasteiger partial charge on any atom is -0.457 e. The number of para-hydroxylation sites is 2. The van der Waals surface area contributed by atoms with Crippen LogP contribution in [0.3, 0.4) is 0 Å². The predicted molar refractivity (Wildman–Crippen MR) is 274 cm³/mol. The number of fused-ring (bicyclic) bond motifs is 8. The normalized spacial score (nSPS) is 12.8. The van der Waals surface area contributed by atoms with Crippen LogP contribution in [-0.2, 0) is 5.41 Å². The molecule has 2 heterocycles. The van der Waals surface area contributed by atoms with Crippen LogP contribution in [0.25, 0.3) is 11.1 Å². The van der Waals surface area contributed by atoms with E-state index in [0.29, 0.717) is 0 Å². The molecule has 2 aliphatic rings. The van der Waals surface area contributed by atoms with Gasteiger partial charge in [0.2, 0.25) is 13.4 Å². The molecule has 65 heavy (non-hydrogen) atoms. The van der Waals surface area contributed by atoms with Crippen LogP contribution in [0.4, 0.5) is 17.1 Å². The topological polar surface area (TPSA) is 12.5 Å². The lowest BCUT2D eigenvalue weighted by atomic mass is 9.36. The second-order valence-electron chi connectivity index (χ2n) is 17.2. The highest BCUT2D eigenvalue weighted by molar-refractivity contribution is 6.96. The Kier molecular flexibility index (Phi) is 9.64. The standard InChI is InChI=1S/C61H43B2NO/c1-6-20-44(21-7-1)45-34-38-52(39-35-45)64-57-32-18-16-30-53(57)61(54-31-17-19-33-58(54)64)55-42-50(62(46-22-8-2-9-23-46)47-24-10-3-11-25-47)36-40-59(55)65-60-41-37-51(43-56(60)61)63(48-26-12-4-13-27-48)49-28-14-5-15-29-49/h1-43H. The number of hydrogen-bond donors (Lipinski definition) is 0. The second-order valence-corrected chi connectivity index (χ2v) is 17.2. The lowest BCUT2D eigenvalue weighted by molar-refractivity contribution is 0.434. The highest BCUT2D eigenvalue weighted by Gasteiger charge is 2.52. The van der Waals surface area contributed by atoms with Crippen molar-refractivity contribution in [2.45, 2.75) is 5.41 Å². The molecule has 10 aromatic rings. The number of benzene rings is 10. The van der Waals surface area contributed by atoms with Crippen LogP contribution in [0.15, 0.2) is 261 Å². The van der Waals surface area contributed by atoms with E-state index in [2.05, 4.69) is 266 Å². The van der Waals surface area contributed by atoms with Gasteiger partial charge in [-0.1, -0.05) is 257 Å². The summed E-state index contributed by atoms with van der Waals surface area (Å²) >= 11 is 0. The molecule has 0 atom stereocenters. The summed E-state index contributed by atoms with van der Waals surface area (Å²) in [5, 5.41) is 0. The molecular weight excluding hydrogens is 784 g/mol. The van der Waals surface area contributed by atoms with E-state index in [9.17, 15) is 0 Å².